The van der Waals surface area contributed by atoms with Crippen LogP contribution in [0.25, 0.3) is 0 Å². The SMILES string of the molecule is Cc1nn(C)cc1NCC(C)C(=O)O. The predicted octanol–water partition coefficient (Wildman–Crippen LogP) is 0.861. The van der Waals surface area contributed by atoms with E-state index in [2.05, 4.69) is 10.4 Å². The average molecular weight is 197 g/mol. The largest absolute Gasteiger partial charge is 0.481 e. The molecule has 1 aromatic rings. The molecule has 0 bridgehead atoms. The Morgan fingerprint density at radius 3 is 2.86 bits per heavy atom. The molecule has 0 aromatic carbocycles. The molecule has 0 aliphatic rings. The molecule has 0 aliphatic heterocycles. The summed E-state index contributed by atoms with van der Waals surface area (Å²) in [6.45, 7) is 3.97. The molecular formula is C9H15N3O2. The van der Waals surface area contributed by atoms with Gasteiger partial charge in [-0.25, -0.2) is 0 Å². The van der Waals surface area contributed by atoms with Gasteiger partial charge in [-0.3, -0.25) is 9.48 Å². The molecule has 0 radical (unpaired) electrons. The number of carbonyl (C=O) groups is 1. The highest BCUT2D eigenvalue weighted by atomic mass is 16.4. The number of anilines is 1. The molecular weight excluding hydrogens is 182 g/mol. The lowest BCUT2D eigenvalue weighted by molar-refractivity contribution is -0.140. The number of nitrogens with zero attached hydrogens (tertiary/aromatic N) is 2. The van der Waals surface area contributed by atoms with Crippen LogP contribution in [-0.4, -0.2) is 27.4 Å². The molecule has 2 N–H and O–H groups in total. The molecule has 78 valence electrons. The van der Waals surface area contributed by atoms with E-state index in [1.165, 1.54) is 0 Å². The van der Waals surface area contributed by atoms with Crippen molar-refractivity contribution in [3.05, 3.63) is 11.9 Å². The van der Waals surface area contributed by atoms with E-state index >= 15 is 0 Å². The van der Waals surface area contributed by atoms with Crippen molar-refractivity contribution < 1.29 is 9.90 Å². The fourth-order valence-corrected chi connectivity index (χ4v) is 1.12. The van der Waals surface area contributed by atoms with Crippen LogP contribution in [0.4, 0.5) is 5.69 Å². The van der Waals surface area contributed by atoms with E-state index in [-0.39, 0.29) is 0 Å². The Balaban J connectivity index is 2.53. The third-order valence-electron chi connectivity index (χ3n) is 2.03. The molecule has 1 aromatic heterocycles. The molecule has 1 atom stereocenters. The number of aromatic nitrogens is 2. The van der Waals surface area contributed by atoms with Gasteiger partial charge in [0.15, 0.2) is 0 Å². The normalized spacial score (nSPS) is 12.5. The van der Waals surface area contributed by atoms with Gasteiger partial charge in [-0.15, -0.1) is 0 Å². The molecule has 5 heteroatoms. The van der Waals surface area contributed by atoms with Crippen LogP contribution in [0.15, 0.2) is 6.20 Å². The van der Waals surface area contributed by atoms with Gasteiger partial charge in [0.25, 0.3) is 0 Å². The molecule has 1 heterocycles. The Kier molecular flexibility index (Phi) is 3.11. The summed E-state index contributed by atoms with van der Waals surface area (Å²) in [4.78, 5) is 10.5. The Morgan fingerprint density at radius 1 is 1.79 bits per heavy atom. The van der Waals surface area contributed by atoms with Crippen LogP contribution in [0.3, 0.4) is 0 Å². The van der Waals surface area contributed by atoms with Crippen LogP contribution >= 0.6 is 0 Å². The van der Waals surface area contributed by atoms with Gasteiger partial charge >= 0.3 is 5.97 Å². The number of rotatable bonds is 4. The van der Waals surface area contributed by atoms with Gasteiger partial charge in [0.2, 0.25) is 0 Å². The lowest BCUT2D eigenvalue weighted by Crippen LogP contribution is -2.19. The van der Waals surface area contributed by atoms with Gasteiger partial charge in [0.1, 0.15) is 0 Å². The van der Waals surface area contributed by atoms with Gasteiger partial charge in [-0.1, -0.05) is 6.92 Å². The zero-order valence-corrected chi connectivity index (χ0v) is 8.61. The summed E-state index contributed by atoms with van der Waals surface area (Å²) in [5.74, 6) is -1.19. The highest BCUT2D eigenvalue weighted by Crippen LogP contribution is 2.11. The lowest BCUT2D eigenvalue weighted by Gasteiger charge is -2.07. The van der Waals surface area contributed by atoms with Crippen molar-refractivity contribution in [2.45, 2.75) is 13.8 Å². The maximum Gasteiger partial charge on any atom is 0.308 e. The van der Waals surface area contributed by atoms with E-state index in [9.17, 15) is 4.79 Å². The first-order chi connectivity index (χ1) is 6.50. The van der Waals surface area contributed by atoms with Crippen molar-refractivity contribution in [3.8, 4) is 0 Å². The minimum atomic E-state index is -0.793. The number of aryl methyl sites for hydroxylation is 2. The number of nitrogens with one attached hydrogen (secondary N) is 1. The summed E-state index contributed by atoms with van der Waals surface area (Å²) in [5, 5.41) is 15.9. The Bertz CT molecular complexity index is 333. The fraction of sp³-hybridized carbons (Fsp3) is 0.556. The zero-order chi connectivity index (χ0) is 10.7. The maximum absolute atomic E-state index is 10.5. The van der Waals surface area contributed by atoms with Crippen LogP contribution in [0.1, 0.15) is 12.6 Å². The number of hydrogen-bond donors (Lipinski definition) is 2. The molecule has 0 spiro atoms. The fourth-order valence-electron chi connectivity index (χ4n) is 1.12. The number of aliphatic carboxylic acids is 1. The van der Waals surface area contributed by atoms with Crippen molar-refractivity contribution in [2.75, 3.05) is 11.9 Å². The van der Waals surface area contributed by atoms with Crippen LogP contribution in [-0.2, 0) is 11.8 Å². The van der Waals surface area contributed by atoms with Crippen LogP contribution in [0, 0.1) is 12.8 Å². The highest BCUT2D eigenvalue weighted by Gasteiger charge is 2.11. The first-order valence-electron chi connectivity index (χ1n) is 4.47. The molecule has 1 rings (SSSR count). The standard InChI is InChI=1S/C9H15N3O2/c1-6(9(13)14)4-10-8-5-12(3)11-7(8)2/h5-6,10H,4H2,1-3H3,(H,13,14). The quantitative estimate of drug-likeness (QED) is 0.751. The van der Waals surface area contributed by atoms with E-state index in [1.54, 1.807) is 11.6 Å². The van der Waals surface area contributed by atoms with E-state index in [0.29, 0.717) is 6.54 Å². The summed E-state index contributed by atoms with van der Waals surface area (Å²) in [7, 11) is 1.83. The average Bonchev–Trinajstić information content (AvgIpc) is 2.40. The predicted molar refractivity (Wildman–Crippen MR) is 53.2 cm³/mol. The minimum Gasteiger partial charge on any atom is -0.481 e. The molecule has 0 saturated heterocycles. The maximum atomic E-state index is 10.5. The lowest BCUT2D eigenvalue weighted by atomic mass is 10.2. The van der Waals surface area contributed by atoms with E-state index in [4.69, 9.17) is 5.11 Å². The highest BCUT2D eigenvalue weighted by molar-refractivity contribution is 5.70. The minimum absolute atomic E-state index is 0.394. The smallest absolute Gasteiger partial charge is 0.308 e. The summed E-state index contributed by atoms with van der Waals surface area (Å²) in [6, 6.07) is 0. The van der Waals surface area contributed by atoms with Gasteiger partial charge in [-0.05, 0) is 6.92 Å². The van der Waals surface area contributed by atoms with Crippen molar-refractivity contribution in [3.63, 3.8) is 0 Å². The summed E-state index contributed by atoms with van der Waals surface area (Å²) in [6.07, 6.45) is 1.84. The van der Waals surface area contributed by atoms with E-state index in [0.717, 1.165) is 11.4 Å². The van der Waals surface area contributed by atoms with Crippen molar-refractivity contribution >= 4 is 11.7 Å². The van der Waals surface area contributed by atoms with Gasteiger partial charge in [0, 0.05) is 19.8 Å². The third-order valence-corrected chi connectivity index (χ3v) is 2.03. The number of carboxylic acids is 1. The molecule has 0 amide bonds. The Labute approximate surface area is 82.7 Å². The second-order valence-electron chi connectivity index (χ2n) is 3.42. The Hall–Kier alpha value is -1.52. The monoisotopic (exact) mass is 197 g/mol. The molecule has 14 heavy (non-hydrogen) atoms. The third kappa shape index (κ3) is 2.48. The second-order valence-corrected chi connectivity index (χ2v) is 3.42. The first kappa shape index (κ1) is 10.6. The molecule has 0 fully saturated rings. The Morgan fingerprint density at radius 2 is 2.43 bits per heavy atom. The van der Waals surface area contributed by atoms with Gasteiger partial charge < -0.3 is 10.4 Å². The summed E-state index contributed by atoms with van der Waals surface area (Å²) >= 11 is 0. The van der Waals surface area contributed by atoms with E-state index < -0.39 is 11.9 Å². The molecule has 0 saturated carbocycles. The van der Waals surface area contributed by atoms with Crippen molar-refractivity contribution in [1.29, 1.82) is 0 Å². The second kappa shape index (κ2) is 4.13. The molecule has 5 nitrogen and oxygen atoms in total. The van der Waals surface area contributed by atoms with Gasteiger partial charge in [-0.2, -0.15) is 5.10 Å². The topological polar surface area (TPSA) is 67.2 Å². The van der Waals surface area contributed by atoms with Crippen LogP contribution < -0.4 is 5.32 Å². The molecule has 0 aliphatic carbocycles. The van der Waals surface area contributed by atoms with E-state index in [1.807, 2.05) is 20.2 Å². The van der Waals surface area contributed by atoms with Crippen LogP contribution in [0.2, 0.25) is 0 Å². The van der Waals surface area contributed by atoms with Crippen LogP contribution in [0.5, 0.6) is 0 Å². The van der Waals surface area contributed by atoms with Crippen molar-refractivity contribution in [2.24, 2.45) is 13.0 Å². The summed E-state index contributed by atoms with van der Waals surface area (Å²) in [5.41, 5.74) is 1.77. The van der Waals surface area contributed by atoms with Crippen molar-refractivity contribution in [1.82, 2.24) is 9.78 Å². The number of carboxylic acid groups (broad SMARTS) is 1. The first-order valence-corrected chi connectivity index (χ1v) is 4.47. The van der Waals surface area contributed by atoms with Gasteiger partial charge in [0.05, 0.1) is 17.3 Å². The molecule has 1 unspecified atom stereocenters. The summed E-state index contributed by atoms with van der Waals surface area (Å²) < 4.78 is 1.70. The zero-order valence-electron chi connectivity index (χ0n) is 8.61. The number of hydrogen-bond acceptors (Lipinski definition) is 3.